The van der Waals surface area contributed by atoms with Gasteiger partial charge in [0.2, 0.25) is 0 Å². The second kappa shape index (κ2) is 4.27. The minimum atomic E-state index is -1.06. The Hall–Kier alpha value is -1.72. The van der Waals surface area contributed by atoms with Crippen LogP contribution < -0.4 is 5.73 Å². The van der Waals surface area contributed by atoms with Gasteiger partial charge in [0.15, 0.2) is 0 Å². The number of carboxylic acid groups (broad SMARTS) is 1. The van der Waals surface area contributed by atoms with Crippen molar-refractivity contribution in [1.82, 2.24) is 4.98 Å². The smallest absolute Gasteiger partial charge is 0.320 e. The Kier molecular flexibility index (Phi) is 2.95. The first-order valence-corrected chi connectivity index (χ1v) is 5.33. The molecule has 0 bridgehead atoms. The summed E-state index contributed by atoms with van der Waals surface area (Å²) in [5.41, 5.74) is 6.85. The van der Waals surface area contributed by atoms with Gasteiger partial charge in [-0.25, -0.2) is 0 Å². The molecule has 2 aromatic rings. The van der Waals surface area contributed by atoms with E-state index in [9.17, 15) is 9.90 Å². The number of phenolic OH excluding ortho intramolecular Hbond substituents is 1. The standard InChI is InChI=1S/C11H11ClN2O3/c12-8-3-6(15)2-7-5(4-14-10(7)8)1-9(13)11(16)17/h2-4,9,14-15H,1,13H2,(H,16,17)/t9-/m0/s1. The van der Waals surface area contributed by atoms with Crippen LogP contribution in [0.25, 0.3) is 10.9 Å². The lowest BCUT2D eigenvalue weighted by Gasteiger charge is -2.05. The molecule has 5 nitrogen and oxygen atoms in total. The van der Waals surface area contributed by atoms with E-state index in [1.165, 1.54) is 12.1 Å². The summed E-state index contributed by atoms with van der Waals surface area (Å²) < 4.78 is 0. The third-order valence-corrected chi connectivity index (χ3v) is 2.87. The van der Waals surface area contributed by atoms with E-state index < -0.39 is 12.0 Å². The molecule has 0 saturated carbocycles. The van der Waals surface area contributed by atoms with E-state index >= 15 is 0 Å². The zero-order chi connectivity index (χ0) is 12.6. The molecule has 0 saturated heterocycles. The van der Waals surface area contributed by atoms with Crippen molar-refractivity contribution in [2.75, 3.05) is 0 Å². The van der Waals surface area contributed by atoms with Crippen LogP contribution in [-0.2, 0) is 11.2 Å². The number of phenols is 1. The van der Waals surface area contributed by atoms with Crippen molar-refractivity contribution in [3.8, 4) is 5.75 Å². The summed E-state index contributed by atoms with van der Waals surface area (Å²) in [5.74, 6) is -1.03. The number of aromatic nitrogens is 1. The number of aromatic hydroxyl groups is 1. The summed E-state index contributed by atoms with van der Waals surface area (Å²) in [6.45, 7) is 0. The Morgan fingerprint density at radius 1 is 1.53 bits per heavy atom. The first kappa shape index (κ1) is 11.8. The van der Waals surface area contributed by atoms with Gasteiger partial charge in [0.25, 0.3) is 0 Å². The first-order valence-electron chi connectivity index (χ1n) is 4.96. The summed E-state index contributed by atoms with van der Waals surface area (Å²) in [4.78, 5) is 13.6. The lowest BCUT2D eigenvalue weighted by Crippen LogP contribution is -2.32. The average molecular weight is 255 g/mol. The molecule has 17 heavy (non-hydrogen) atoms. The highest BCUT2D eigenvalue weighted by Gasteiger charge is 2.16. The van der Waals surface area contributed by atoms with Crippen molar-refractivity contribution < 1.29 is 15.0 Å². The zero-order valence-electron chi connectivity index (χ0n) is 8.77. The summed E-state index contributed by atoms with van der Waals surface area (Å²) in [7, 11) is 0. The number of hydrogen-bond acceptors (Lipinski definition) is 3. The van der Waals surface area contributed by atoms with Gasteiger partial charge < -0.3 is 20.9 Å². The fraction of sp³-hybridized carbons (Fsp3) is 0.182. The van der Waals surface area contributed by atoms with Crippen LogP contribution in [0.3, 0.4) is 0 Å². The van der Waals surface area contributed by atoms with Crippen LogP contribution in [0.5, 0.6) is 5.75 Å². The van der Waals surface area contributed by atoms with Crippen LogP contribution in [0, 0.1) is 0 Å². The second-order valence-electron chi connectivity index (χ2n) is 3.81. The predicted octanol–water partition coefficient (Wildman–Crippen LogP) is 1.48. The van der Waals surface area contributed by atoms with Crippen molar-refractivity contribution in [2.45, 2.75) is 12.5 Å². The van der Waals surface area contributed by atoms with E-state index in [0.29, 0.717) is 21.5 Å². The number of H-pyrrole nitrogens is 1. The van der Waals surface area contributed by atoms with Crippen LogP contribution in [0.15, 0.2) is 18.3 Å². The van der Waals surface area contributed by atoms with Gasteiger partial charge >= 0.3 is 5.97 Å². The van der Waals surface area contributed by atoms with Crippen LogP contribution in [0.4, 0.5) is 0 Å². The molecule has 0 unspecified atom stereocenters. The maximum absolute atomic E-state index is 10.7. The number of aliphatic carboxylic acids is 1. The molecule has 90 valence electrons. The molecule has 0 radical (unpaired) electrons. The monoisotopic (exact) mass is 254 g/mol. The minimum Gasteiger partial charge on any atom is -0.508 e. The Balaban J connectivity index is 2.45. The van der Waals surface area contributed by atoms with Gasteiger partial charge in [-0.1, -0.05) is 11.6 Å². The largest absolute Gasteiger partial charge is 0.508 e. The molecule has 0 amide bonds. The maximum atomic E-state index is 10.7. The van der Waals surface area contributed by atoms with E-state index in [2.05, 4.69) is 4.98 Å². The molecule has 0 spiro atoms. The van der Waals surface area contributed by atoms with E-state index in [-0.39, 0.29) is 12.2 Å². The third kappa shape index (κ3) is 2.20. The van der Waals surface area contributed by atoms with Crippen molar-refractivity contribution in [2.24, 2.45) is 5.73 Å². The fourth-order valence-electron chi connectivity index (χ4n) is 1.72. The second-order valence-corrected chi connectivity index (χ2v) is 4.22. The molecule has 0 aliphatic rings. The number of carboxylic acids is 1. The van der Waals surface area contributed by atoms with Crippen LogP contribution >= 0.6 is 11.6 Å². The molecule has 1 aromatic carbocycles. The lowest BCUT2D eigenvalue weighted by molar-refractivity contribution is -0.138. The summed E-state index contributed by atoms with van der Waals surface area (Å²) in [6, 6.07) is 1.97. The highest BCUT2D eigenvalue weighted by Crippen LogP contribution is 2.30. The van der Waals surface area contributed by atoms with E-state index in [1.54, 1.807) is 6.20 Å². The molecule has 1 heterocycles. The molecular formula is C11H11ClN2O3. The van der Waals surface area contributed by atoms with Gasteiger partial charge in [-0.2, -0.15) is 0 Å². The van der Waals surface area contributed by atoms with Crippen molar-refractivity contribution in [3.05, 3.63) is 28.9 Å². The molecule has 6 heteroatoms. The molecule has 0 aliphatic carbocycles. The maximum Gasteiger partial charge on any atom is 0.320 e. The van der Waals surface area contributed by atoms with Gasteiger partial charge in [0.05, 0.1) is 10.5 Å². The highest BCUT2D eigenvalue weighted by molar-refractivity contribution is 6.35. The molecule has 1 aromatic heterocycles. The number of halogens is 1. The number of nitrogens with two attached hydrogens (primary N) is 1. The van der Waals surface area contributed by atoms with Crippen LogP contribution in [0.2, 0.25) is 5.02 Å². The van der Waals surface area contributed by atoms with Crippen molar-refractivity contribution in [3.63, 3.8) is 0 Å². The van der Waals surface area contributed by atoms with Gasteiger partial charge in [-0.15, -0.1) is 0 Å². The van der Waals surface area contributed by atoms with Crippen LogP contribution in [0.1, 0.15) is 5.56 Å². The van der Waals surface area contributed by atoms with E-state index in [1.807, 2.05) is 0 Å². The van der Waals surface area contributed by atoms with Crippen LogP contribution in [-0.4, -0.2) is 27.2 Å². The number of hydrogen-bond donors (Lipinski definition) is 4. The quantitative estimate of drug-likeness (QED) is 0.667. The molecule has 2 rings (SSSR count). The molecular weight excluding hydrogens is 244 g/mol. The molecule has 0 fully saturated rings. The highest BCUT2D eigenvalue weighted by atomic mass is 35.5. The Morgan fingerprint density at radius 2 is 2.24 bits per heavy atom. The number of carbonyl (C=O) groups is 1. The first-order chi connectivity index (χ1) is 7.99. The van der Waals surface area contributed by atoms with Gasteiger partial charge in [-0.05, 0) is 11.6 Å². The zero-order valence-corrected chi connectivity index (χ0v) is 9.53. The fourth-order valence-corrected chi connectivity index (χ4v) is 1.99. The van der Waals surface area contributed by atoms with Gasteiger partial charge in [0, 0.05) is 24.1 Å². The Bertz CT molecular complexity index is 579. The lowest BCUT2D eigenvalue weighted by atomic mass is 10.1. The normalized spacial score (nSPS) is 12.8. The third-order valence-electron chi connectivity index (χ3n) is 2.57. The van der Waals surface area contributed by atoms with Gasteiger partial charge in [-0.3, -0.25) is 4.79 Å². The molecule has 5 N–H and O–H groups in total. The van der Waals surface area contributed by atoms with E-state index in [0.717, 1.165) is 0 Å². The summed E-state index contributed by atoms with van der Waals surface area (Å²) in [6.07, 6.45) is 1.83. The summed E-state index contributed by atoms with van der Waals surface area (Å²) in [5, 5.41) is 19.3. The molecule has 0 aliphatic heterocycles. The minimum absolute atomic E-state index is 0.0345. The Labute approximate surface area is 102 Å². The Morgan fingerprint density at radius 3 is 2.88 bits per heavy atom. The number of aromatic amines is 1. The number of rotatable bonds is 3. The SMILES string of the molecule is N[C@@H](Cc1c[nH]c2c(Cl)cc(O)cc12)C(=O)O. The molecule has 1 atom stereocenters. The topological polar surface area (TPSA) is 99.3 Å². The van der Waals surface area contributed by atoms with E-state index in [4.69, 9.17) is 22.4 Å². The average Bonchev–Trinajstić information content (AvgIpc) is 2.61. The van der Waals surface area contributed by atoms with Crippen molar-refractivity contribution in [1.29, 1.82) is 0 Å². The number of nitrogens with one attached hydrogen (secondary N) is 1. The number of fused-ring (bicyclic) bond motifs is 1. The predicted molar refractivity (Wildman–Crippen MR) is 64.3 cm³/mol. The number of benzene rings is 1. The summed E-state index contributed by atoms with van der Waals surface area (Å²) >= 11 is 5.94. The van der Waals surface area contributed by atoms with Crippen molar-refractivity contribution >= 4 is 28.5 Å². The van der Waals surface area contributed by atoms with Gasteiger partial charge in [0.1, 0.15) is 11.8 Å².